The average molecular weight is 404 g/mol. The van der Waals surface area contributed by atoms with Gasteiger partial charge in [-0.1, -0.05) is 0 Å². The zero-order chi connectivity index (χ0) is 14.0. The molecule has 2 aromatic rings. The minimum absolute atomic E-state index is 0.0623. The predicted octanol–water partition coefficient (Wildman–Crippen LogP) is 4.47. The molecule has 0 bridgehead atoms. The van der Waals surface area contributed by atoms with Crippen molar-refractivity contribution in [2.75, 3.05) is 5.32 Å². The van der Waals surface area contributed by atoms with Crippen LogP contribution < -0.4 is 5.32 Å². The van der Waals surface area contributed by atoms with Crippen LogP contribution in [0.1, 0.15) is 16.8 Å². The molecule has 0 aliphatic carbocycles. The number of hydrogen-bond donors (Lipinski definition) is 1. The highest BCUT2D eigenvalue weighted by Crippen LogP contribution is 2.31. The maximum absolute atomic E-state index is 12.0. The summed E-state index contributed by atoms with van der Waals surface area (Å²) in [6.07, 6.45) is 0.367. The van der Waals surface area contributed by atoms with Crippen LogP contribution in [0, 0.1) is 13.8 Å². The lowest BCUT2D eigenvalue weighted by Crippen LogP contribution is -2.16. The SMILES string of the molecule is Cc1nc(NC(=O)Cc2ccsc2)c(Br)c(C)c1Br. The fourth-order valence-electron chi connectivity index (χ4n) is 1.65. The van der Waals surface area contributed by atoms with Gasteiger partial charge in [-0.2, -0.15) is 11.3 Å². The van der Waals surface area contributed by atoms with E-state index in [1.54, 1.807) is 11.3 Å². The molecule has 0 spiro atoms. The Morgan fingerprint density at radius 1 is 1.37 bits per heavy atom. The van der Waals surface area contributed by atoms with E-state index in [0.29, 0.717) is 12.2 Å². The maximum Gasteiger partial charge on any atom is 0.230 e. The normalized spacial score (nSPS) is 10.5. The molecule has 100 valence electrons. The minimum atomic E-state index is -0.0623. The van der Waals surface area contributed by atoms with Gasteiger partial charge >= 0.3 is 0 Å². The van der Waals surface area contributed by atoms with E-state index in [1.165, 1.54) is 0 Å². The number of hydrogen-bond acceptors (Lipinski definition) is 3. The first-order chi connectivity index (χ1) is 8.99. The summed E-state index contributed by atoms with van der Waals surface area (Å²) in [5.74, 6) is 0.506. The number of nitrogens with one attached hydrogen (secondary N) is 1. The van der Waals surface area contributed by atoms with Crippen molar-refractivity contribution >= 4 is 54.9 Å². The molecule has 2 rings (SSSR count). The number of aryl methyl sites for hydroxylation is 1. The van der Waals surface area contributed by atoms with Gasteiger partial charge in [0.1, 0.15) is 5.82 Å². The van der Waals surface area contributed by atoms with E-state index in [4.69, 9.17) is 0 Å². The number of halogens is 2. The van der Waals surface area contributed by atoms with Gasteiger partial charge in [0, 0.05) is 4.47 Å². The third-order valence-corrected chi connectivity index (χ3v) is 5.54. The van der Waals surface area contributed by atoms with E-state index in [-0.39, 0.29) is 5.91 Å². The molecule has 0 saturated heterocycles. The summed E-state index contributed by atoms with van der Waals surface area (Å²) in [6.45, 7) is 3.87. The molecule has 0 saturated carbocycles. The van der Waals surface area contributed by atoms with Crippen molar-refractivity contribution in [3.05, 3.63) is 42.6 Å². The molecule has 0 aliphatic heterocycles. The van der Waals surface area contributed by atoms with Gasteiger partial charge in [-0.3, -0.25) is 4.79 Å². The highest BCUT2D eigenvalue weighted by atomic mass is 79.9. The molecule has 6 heteroatoms. The number of carbonyl (C=O) groups excluding carboxylic acids is 1. The number of thiophene rings is 1. The Bertz CT molecular complexity index is 612. The van der Waals surface area contributed by atoms with Crippen molar-refractivity contribution < 1.29 is 4.79 Å². The highest BCUT2D eigenvalue weighted by Gasteiger charge is 2.13. The van der Waals surface area contributed by atoms with Gasteiger partial charge in [-0.05, 0) is 73.7 Å². The average Bonchev–Trinajstić information content (AvgIpc) is 2.86. The summed E-state index contributed by atoms with van der Waals surface area (Å²) in [7, 11) is 0. The van der Waals surface area contributed by atoms with Crippen LogP contribution >= 0.6 is 43.2 Å². The molecule has 0 fully saturated rings. The smallest absolute Gasteiger partial charge is 0.230 e. The molecule has 19 heavy (non-hydrogen) atoms. The molecular weight excluding hydrogens is 392 g/mol. The number of anilines is 1. The second-order valence-electron chi connectivity index (χ2n) is 4.16. The topological polar surface area (TPSA) is 42.0 Å². The van der Waals surface area contributed by atoms with Crippen LogP contribution in [0.25, 0.3) is 0 Å². The van der Waals surface area contributed by atoms with Gasteiger partial charge < -0.3 is 5.32 Å². The number of rotatable bonds is 3. The third-order valence-electron chi connectivity index (χ3n) is 2.67. The molecule has 2 aromatic heterocycles. The summed E-state index contributed by atoms with van der Waals surface area (Å²) in [4.78, 5) is 16.3. The Balaban J connectivity index is 2.17. The lowest BCUT2D eigenvalue weighted by atomic mass is 10.2. The molecule has 0 unspecified atom stereocenters. The van der Waals surface area contributed by atoms with E-state index >= 15 is 0 Å². The number of aromatic nitrogens is 1. The third kappa shape index (κ3) is 3.43. The Labute approximate surface area is 132 Å². The molecular formula is C13H12Br2N2OS. The second kappa shape index (κ2) is 6.15. The van der Waals surface area contributed by atoms with E-state index in [1.807, 2.05) is 30.7 Å². The first-order valence-electron chi connectivity index (χ1n) is 5.62. The van der Waals surface area contributed by atoms with Gasteiger partial charge in [-0.25, -0.2) is 4.98 Å². The van der Waals surface area contributed by atoms with Gasteiger partial charge in [0.15, 0.2) is 0 Å². The van der Waals surface area contributed by atoms with Gasteiger partial charge in [-0.15, -0.1) is 0 Å². The highest BCUT2D eigenvalue weighted by molar-refractivity contribution is 9.11. The summed E-state index contributed by atoms with van der Waals surface area (Å²) in [5.41, 5.74) is 2.90. The largest absolute Gasteiger partial charge is 0.309 e. The standard InChI is InChI=1S/C13H12Br2N2OS/c1-7-11(14)8(2)16-13(12(7)15)17-10(18)5-9-3-4-19-6-9/h3-4,6H,5H2,1-2H3,(H,16,17,18). The summed E-state index contributed by atoms with van der Waals surface area (Å²) in [6, 6.07) is 1.95. The van der Waals surface area contributed by atoms with Crippen molar-refractivity contribution in [1.82, 2.24) is 4.98 Å². The monoisotopic (exact) mass is 402 g/mol. The van der Waals surface area contributed by atoms with E-state index < -0.39 is 0 Å². The van der Waals surface area contributed by atoms with E-state index in [2.05, 4.69) is 42.2 Å². The first-order valence-corrected chi connectivity index (χ1v) is 8.15. The Morgan fingerprint density at radius 3 is 2.74 bits per heavy atom. The van der Waals surface area contributed by atoms with Crippen LogP contribution in [0.5, 0.6) is 0 Å². The lowest BCUT2D eigenvalue weighted by Gasteiger charge is -2.11. The molecule has 1 amide bonds. The molecule has 0 atom stereocenters. The van der Waals surface area contributed by atoms with Crippen molar-refractivity contribution in [2.24, 2.45) is 0 Å². The predicted molar refractivity (Wildman–Crippen MR) is 85.8 cm³/mol. The molecule has 1 N–H and O–H groups in total. The molecule has 2 heterocycles. The number of carbonyl (C=O) groups is 1. The van der Waals surface area contributed by atoms with E-state index in [9.17, 15) is 4.79 Å². The Kier molecular flexibility index (Phi) is 4.76. The maximum atomic E-state index is 12.0. The Morgan fingerprint density at radius 2 is 2.11 bits per heavy atom. The number of amides is 1. The van der Waals surface area contributed by atoms with Gasteiger partial charge in [0.25, 0.3) is 0 Å². The molecule has 3 nitrogen and oxygen atoms in total. The molecule has 0 aromatic carbocycles. The van der Waals surface area contributed by atoms with Crippen molar-refractivity contribution in [3.63, 3.8) is 0 Å². The van der Waals surface area contributed by atoms with Crippen LogP contribution in [-0.2, 0) is 11.2 Å². The van der Waals surface area contributed by atoms with Crippen molar-refractivity contribution in [3.8, 4) is 0 Å². The van der Waals surface area contributed by atoms with Gasteiger partial charge in [0.2, 0.25) is 5.91 Å². The minimum Gasteiger partial charge on any atom is -0.309 e. The number of nitrogens with zero attached hydrogens (tertiary/aromatic N) is 1. The zero-order valence-electron chi connectivity index (χ0n) is 10.5. The lowest BCUT2D eigenvalue weighted by molar-refractivity contribution is -0.115. The van der Waals surface area contributed by atoms with Crippen LogP contribution in [0.15, 0.2) is 25.8 Å². The fourth-order valence-corrected chi connectivity index (χ4v) is 3.26. The first kappa shape index (κ1) is 14.7. The second-order valence-corrected chi connectivity index (χ2v) is 6.52. The van der Waals surface area contributed by atoms with Crippen molar-refractivity contribution in [1.29, 1.82) is 0 Å². The fraction of sp³-hybridized carbons (Fsp3) is 0.231. The van der Waals surface area contributed by atoms with Crippen LogP contribution in [0.3, 0.4) is 0 Å². The number of pyridine rings is 1. The van der Waals surface area contributed by atoms with Gasteiger partial charge in [0.05, 0.1) is 16.6 Å². The summed E-state index contributed by atoms with van der Waals surface area (Å²) >= 11 is 8.53. The molecule has 0 aliphatic rings. The van der Waals surface area contributed by atoms with Crippen LogP contribution in [0.4, 0.5) is 5.82 Å². The zero-order valence-corrected chi connectivity index (χ0v) is 14.4. The summed E-state index contributed by atoms with van der Waals surface area (Å²) in [5, 5.41) is 6.78. The Hall–Kier alpha value is -0.720. The van der Waals surface area contributed by atoms with Crippen LogP contribution in [0.2, 0.25) is 0 Å². The summed E-state index contributed by atoms with van der Waals surface area (Å²) < 4.78 is 1.76. The van der Waals surface area contributed by atoms with E-state index in [0.717, 1.165) is 25.8 Å². The van der Waals surface area contributed by atoms with Crippen LogP contribution in [-0.4, -0.2) is 10.9 Å². The van der Waals surface area contributed by atoms with Crippen molar-refractivity contribution in [2.45, 2.75) is 20.3 Å². The quantitative estimate of drug-likeness (QED) is 0.821. The molecule has 0 radical (unpaired) electrons.